The first-order chi connectivity index (χ1) is 11.5. The summed E-state index contributed by atoms with van der Waals surface area (Å²) in [5.41, 5.74) is 2.08. The molecule has 1 heterocycles. The van der Waals surface area contributed by atoms with Crippen LogP contribution in [0.5, 0.6) is 0 Å². The van der Waals surface area contributed by atoms with Crippen LogP contribution in [0.2, 0.25) is 0 Å². The summed E-state index contributed by atoms with van der Waals surface area (Å²) in [6.07, 6.45) is 0.991. The fraction of sp³-hybridized carbons (Fsp3) is 0.471. The molecule has 7 heteroatoms. The summed E-state index contributed by atoms with van der Waals surface area (Å²) in [4.78, 5) is 12.3. The van der Waals surface area contributed by atoms with E-state index in [-0.39, 0.29) is 11.2 Å². The van der Waals surface area contributed by atoms with Gasteiger partial charge in [-0.05, 0) is 37.0 Å². The molecule has 0 bridgehead atoms. The molecule has 5 nitrogen and oxygen atoms in total. The summed E-state index contributed by atoms with van der Waals surface area (Å²) in [7, 11) is 0. The monoisotopic (exact) mass is 364 g/mol. The number of benzene rings is 1. The molecule has 1 amide bonds. The highest BCUT2D eigenvalue weighted by Gasteiger charge is 2.17. The molecule has 0 aliphatic rings. The van der Waals surface area contributed by atoms with Crippen molar-refractivity contribution in [1.82, 2.24) is 10.2 Å². The molecule has 0 fully saturated rings. The van der Waals surface area contributed by atoms with Gasteiger partial charge in [-0.1, -0.05) is 56.0 Å². The summed E-state index contributed by atoms with van der Waals surface area (Å²) < 4.78 is 0.797. The number of rotatable bonds is 8. The molecule has 130 valence electrons. The van der Waals surface area contributed by atoms with Gasteiger partial charge in [-0.25, -0.2) is 0 Å². The first kappa shape index (κ1) is 18.7. The summed E-state index contributed by atoms with van der Waals surface area (Å²) in [5.74, 6) is 0.518. The second-order valence-corrected chi connectivity index (χ2v) is 8.51. The molecule has 24 heavy (non-hydrogen) atoms. The van der Waals surface area contributed by atoms with Gasteiger partial charge in [0.25, 0.3) is 0 Å². The van der Waals surface area contributed by atoms with E-state index < -0.39 is 0 Å². The van der Waals surface area contributed by atoms with Crippen LogP contribution in [0, 0.1) is 5.92 Å². The van der Waals surface area contributed by atoms with Crippen molar-refractivity contribution in [3.05, 3.63) is 29.8 Å². The third kappa shape index (κ3) is 5.79. The van der Waals surface area contributed by atoms with Gasteiger partial charge < -0.3 is 10.6 Å². The second-order valence-electron chi connectivity index (χ2n) is 5.95. The Balaban J connectivity index is 1.86. The first-order valence-electron chi connectivity index (χ1n) is 8.11. The molecule has 2 rings (SSSR count). The van der Waals surface area contributed by atoms with E-state index >= 15 is 0 Å². The molecule has 0 saturated carbocycles. The summed E-state index contributed by atoms with van der Waals surface area (Å²) in [5, 5.41) is 15.0. The number of amides is 1. The van der Waals surface area contributed by atoms with Crippen LogP contribution in [0.15, 0.2) is 28.6 Å². The van der Waals surface area contributed by atoms with Gasteiger partial charge in [0, 0.05) is 12.2 Å². The molecule has 0 aliphatic heterocycles. The quantitative estimate of drug-likeness (QED) is 0.684. The lowest BCUT2D eigenvalue weighted by Gasteiger charge is -2.10. The van der Waals surface area contributed by atoms with Crippen LogP contribution in [0.25, 0.3) is 0 Å². The maximum atomic E-state index is 12.3. The SMILES string of the molecule is CCc1ccc(NC(=O)[C@@H](C)Sc2nnc(NCC(C)C)s2)cc1. The van der Waals surface area contributed by atoms with Crippen LogP contribution in [-0.4, -0.2) is 27.9 Å². The molecule has 0 saturated heterocycles. The lowest BCUT2D eigenvalue weighted by Crippen LogP contribution is -2.22. The topological polar surface area (TPSA) is 66.9 Å². The van der Waals surface area contributed by atoms with E-state index in [2.05, 4.69) is 41.6 Å². The average molecular weight is 365 g/mol. The summed E-state index contributed by atoms with van der Waals surface area (Å²) >= 11 is 2.91. The average Bonchev–Trinajstić information content (AvgIpc) is 3.01. The third-order valence-corrected chi connectivity index (χ3v) is 5.41. The van der Waals surface area contributed by atoms with Crippen molar-refractivity contribution in [2.45, 2.75) is 43.7 Å². The highest BCUT2D eigenvalue weighted by molar-refractivity contribution is 8.02. The fourth-order valence-corrected chi connectivity index (χ4v) is 3.80. The number of nitrogens with one attached hydrogen (secondary N) is 2. The Morgan fingerprint density at radius 2 is 1.92 bits per heavy atom. The number of aryl methyl sites for hydroxylation is 1. The maximum Gasteiger partial charge on any atom is 0.237 e. The van der Waals surface area contributed by atoms with Gasteiger partial charge in [0.05, 0.1) is 5.25 Å². The molecule has 0 aliphatic carbocycles. The lowest BCUT2D eigenvalue weighted by atomic mass is 10.1. The van der Waals surface area contributed by atoms with Gasteiger partial charge in [-0.2, -0.15) is 0 Å². The van der Waals surface area contributed by atoms with Crippen LogP contribution >= 0.6 is 23.1 Å². The fourth-order valence-electron chi connectivity index (χ4n) is 1.89. The van der Waals surface area contributed by atoms with E-state index in [4.69, 9.17) is 0 Å². The standard InChI is InChI=1S/C17H24N4OS2/c1-5-13-6-8-14(9-7-13)19-15(22)12(4)23-17-21-20-16(24-17)18-10-11(2)3/h6-9,11-12H,5,10H2,1-4H3,(H,18,20)(H,19,22)/t12-/m1/s1. The van der Waals surface area contributed by atoms with Gasteiger partial charge in [0.2, 0.25) is 11.0 Å². The van der Waals surface area contributed by atoms with Crippen LogP contribution < -0.4 is 10.6 Å². The minimum Gasteiger partial charge on any atom is -0.360 e. The Bertz CT molecular complexity index is 655. The van der Waals surface area contributed by atoms with Crippen molar-refractivity contribution in [1.29, 1.82) is 0 Å². The molecular formula is C17H24N4OS2. The second kappa shape index (κ2) is 9.03. The predicted octanol–water partition coefficient (Wildman–Crippen LogP) is 4.29. The lowest BCUT2D eigenvalue weighted by molar-refractivity contribution is -0.115. The van der Waals surface area contributed by atoms with E-state index in [1.807, 2.05) is 31.2 Å². The van der Waals surface area contributed by atoms with Crippen LogP contribution in [0.4, 0.5) is 10.8 Å². The molecule has 0 spiro atoms. The van der Waals surface area contributed by atoms with E-state index in [9.17, 15) is 4.79 Å². The Kier molecular flexibility index (Phi) is 7.05. The third-order valence-electron chi connectivity index (χ3n) is 3.34. The zero-order valence-corrected chi connectivity index (χ0v) is 16.1. The molecule has 2 aromatic rings. The smallest absolute Gasteiger partial charge is 0.237 e. The zero-order chi connectivity index (χ0) is 17.5. The number of hydrogen-bond acceptors (Lipinski definition) is 6. The maximum absolute atomic E-state index is 12.3. The van der Waals surface area contributed by atoms with Crippen molar-refractivity contribution in [3.63, 3.8) is 0 Å². The molecule has 1 aromatic carbocycles. The first-order valence-corrected chi connectivity index (χ1v) is 9.81. The van der Waals surface area contributed by atoms with E-state index in [1.165, 1.54) is 28.7 Å². The summed E-state index contributed by atoms with van der Waals surface area (Å²) in [6.45, 7) is 9.14. The Hall–Kier alpha value is -1.60. The van der Waals surface area contributed by atoms with Gasteiger partial charge in [0.15, 0.2) is 4.34 Å². The van der Waals surface area contributed by atoms with Crippen LogP contribution in [0.3, 0.4) is 0 Å². The van der Waals surface area contributed by atoms with Crippen LogP contribution in [-0.2, 0) is 11.2 Å². The number of hydrogen-bond donors (Lipinski definition) is 2. The van der Waals surface area contributed by atoms with Crippen molar-refractivity contribution < 1.29 is 4.79 Å². The Labute approximate surface area is 151 Å². The summed E-state index contributed by atoms with van der Waals surface area (Å²) in [6, 6.07) is 7.94. The Morgan fingerprint density at radius 1 is 1.21 bits per heavy atom. The molecule has 0 radical (unpaired) electrons. The number of aromatic nitrogens is 2. The van der Waals surface area contributed by atoms with Gasteiger partial charge in [-0.3, -0.25) is 4.79 Å². The predicted molar refractivity (Wildman–Crippen MR) is 103 cm³/mol. The highest BCUT2D eigenvalue weighted by atomic mass is 32.2. The van der Waals surface area contributed by atoms with Crippen molar-refractivity contribution in [3.8, 4) is 0 Å². The molecule has 2 N–H and O–H groups in total. The number of thioether (sulfide) groups is 1. The number of carbonyl (C=O) groups is 1. The number of carbonyl (C=O) groups excluding carboxylic acids is 1. The molecular weight excluding hydrogens is 340 g/mol. The van der Waals surface area contributed by atoms with E-state index in [0.29, 0.717) is 5.92 Å². The minimum absolute atomic E-state index is 0.0314. The van der Waals surface area contributed by atoms with Gasteiger partial charge in [-0.15, -0.1) is 10.2 Å². The van der Waals surface area contributed by atoms with Crippen molar-refractivity contribution >= 4 is 39.8 Å². The van der Waals surface area contributed by atoms with E-state index in [0.717, 1.165) is 28.1 Å². The van der Waals surface area contributed by atoms with Crippen molar-refractivity contribution in [2.75, 3.05) is 17.2 Å². The number of anilines is 2. The normalized spacial score (nSPS) is 12.2. The van der Waals surface area contributed by atoms with Gasteiger partial charge >= 0.3 is 0 Å². The largest absolute Gasteiger partial charge is 0.360 e. The molecule has 1 aromatic heterocycles. The van der Waals surface area contributed by atoms with Crippen LogP contribution in [0.1, 0.15) is 33.3 Å². The zero-order valence-electron chi connectivity index (χ0n) is 14.5. The molecule has 0 unspecified atom stereocenters. The van der Waals surface area contributed by atoms with Crippen molar-refractivity contribution in [2.24, 2.45) is 5.92 Å². The number of nitrogens with zero attached hydrogens (tertiary/aromatic N) is 2. The Morgan fingerprint density at radius 3 is 2.54 bits per heavy atom. The van der Waals surface area contributed by atoms with Gasteiger partial charge in [0.1, 0.15) is 0 Å². The molecule has 1 atom stereocenters. The highest BCUT2D eigenvalue weighted by Crippen LogP contribution is 2.29. The van der Waals surface area contributed by atoms with E-state index in [1.54, 1.807) is 0 Å². The minimum atomic E-state index is -0.234.